The van der Waals surface area contributed by atoms with Crippen LogP contribution < -0.4 is 27.4 Å². The number of nitrogens with zero attached hydrogens (tertiary/aromatic N) is 2. The number of benzene rings is 3. The highest BCUT2D eigenvalue weighted by atomic mass is 16.6. The van der Waals surface area contributed by atoms with Gasteiger partial charge in [-0.3, -0.25) is 19.2 Å². The van der Waals surface area contributed by atoms with Crippen molar-refractivity contribution in [1.29, 1.82) is 0 Å². The van der Waals surface area contributed by atoms with Crippen molar-refractivity contribution in [3.05, 3.63) is 102 Å². The largest absolute Gasteiger partial charge is 0.444 e. The number of aryl methyl sites for hydroxylation is 1. The van der Waals surface area contributed by atoms with E-state index in [2.05, 4.69) is 20.9 Å². The third-order valence-corrected chi connectivity index (χ3v) is 9.47. The Morgan fingerprint density at radius 3 is 2.17 bits per heavy atom. The van der Waals surface area contributed by atoms with Gasteiger partial charge in [0.1, 0.15) is 23.7 Å². The predicted molar refractivity (Wildman–Crippen MR) is 222 cm³/mol. The van der Waals surface area contributed by atoms with Gasteiger partial charge in [-0.15, -0.1) is 0 Å². The van der Waals surface area contributed by atoms with Crippen LogP contribution in [0.25, 0.3) is 10.9 Å². The number of nitrogens with two attached hydrogens (primary N) is 2. The molecule has 58 heavy (non-hydrogen) atoms. The Kier molecular flexibility index (Phi) is 16.0. The van der Waals surface area contributed by atoms with Crippen LogP contribution in [-0.2, 0) is 36.8 Å². The highest BCUT2D eigenvalue weighted by Gasteiger charge is 2.40. The number of imide groups is 1. The fourth-order valence-electron chi connectivity index (χ4n) is 6.44. The minimum absolute atomic E-state index is 0.0343. The maximum Gasteiger partial charge on any atom is 0.408 e. The zero-order valence-electron chi connectivity index (χ0n) is 33.9. The Morgan fingerprint density at radius 2 is 1.50 bits per heavy atom. The summed E-state index contributed by atoms with van der Waals surface area (Å²) in [4.78, 5) is 88.0. The van der Waals surface area contributed by atoms with Gasteiger partial charge in [-0.1, -0.05) is 66.7 Å². The number of aromatic amines is 1. The lowest BCUT2D eigenvalue weighted by atomic mass is 10.0. The van der Waals surface area contributed by atoms with E-state index in [4.69, 9.17) is 16.2 Å². The van der Waals surface area contributed by atoms with Gasteiger partial charge in [-0.2, -0.15) is 0 Å². The average Bonchev–Trinajstić information content (AvgIpc) is 3.58. The minimum Gasteiger partial charge on any atom is -0.444 e. The zero-order valence-corrected chi connectivity index (χ0v) is 33.9. The summed E-state index contributed by atoms with van der Waals surface area (Å²) in [5, 5.41) is 8.95. The Balaban J connectivity index is 1.68. The van der Waals surface area contributed by atoms with Crippen molar-refractivity contribution in [1.82, 2.24) is 25.4 Å². The highest BCUT2D eigenvalue weighted by molar-refractivity contribution is 6.07. The van der Waals surface area contributed by atoms with E-state index in [-0.39, 0.29) is 32.2 Å². The first-order valence-electron chi connectivity index (χ1n) is 19.4. The molecule has 0 saturated carbocycles. The number of carbonyl (C=O) groups excluding carboxylic acids is 6. The maximum absolute atomic E-state index is 15.0. The fraction of sp³-hybridized carbons (Fsp3) is 0.395. The summed E-state index contributed by atoms with van der Waals surface area (Å²) in [6.07, 6.45) is 1.66. The van der Waals surface area contributed by atoms with E-state index in [0.717, 1.165) is 21.4 Å². The molecular weight excluding hydrogens is 741 g/mol. The smallest absolute Gasteiger partial charge is 0.408 e. The number of amides is 7. The van der Waals surface area contributed by atoms with Crippen molar-refractivity contribution in [2.75, 3.05) is 25.5 Å². The van der Waals surface area contributed by atoms with E-state index in [1.807, 2.05) is 54.6 Å². The number of primary amides is 1. The second-order valence-electron chi connectivity index (χ2n) is 15.2. The molecule has 1 heterocycles. The van der Waals surface area contributed by atoms with Crippen LogP contribution >= 0.6 is 0 Å². The number of urea groups is 1. The number of hydrogen-bond acceptors (Lipinski definition) is 8. The SMILES string of the molecule is Cc1ccccc1NC(=O)N(C(=O)[C@H](Cc1c[nH]c2ccccc12)NC(=O)OC(C)(C)C)[C@@H](CCCCN)C(=O)N(C)CCC(=O)N[C@@H](Cc1ccccc1)C(N)=O. The van der Waals surface area contributed by atoms with Gasteiger partial charge in [-0.05, 0) is 82.3 Å². The lowest BCUT2D eigenvalue weighted by Gasteiger charge is -2.35. The summed E-state index contributed by atoms with van der Waals surface area (Å²) >= 11 is 0. The van der Waals surface area contributed by atoms with Gasteiger partial charge in [0, 0.05) is 55.6 Å². The van der Waals surface area contributed by atoms with Crippen molar-refractivity contribution in [2.45, 2.75) is 89.9 Å². The average molecular weight is 797 g/mol. The number of rotatable bonds is 18. The lowest BCUT2D eigenvalue weighted by Crippen LogP contribution is -2.60. The van der Waals surface area contributed by atoms with Crippen molar-refractivity contribution in [3.63, 3.8) is 0 Å². The molecule has 3 aromatic carbocycles. The molecule has 4 rings (SSSR count). The standard InChI is InChI=1S/C43H56N8O7/c1-28-15-9-11-19-32(28)48-41(56)51(39(54)35(49-42(57)58-43(2,3)4)26-30-27-46-33-20-12-10-18-31(30)33)36(21-13-14-23-44)40(55)50(5)24-22-37(52)47-34(38(45)53)25-29-16-7-6-8-17-29/h6-12,15-20,27,34-36,46H,13-14,21-26,44H2,1-5H3,(H2,45,53)(H,47,52)(H,48,56)(H,49,57)/t34-,35-,36-/m0/s1. The zero-order chi connectivity index (χ0) is 42.4. The summed E-state index contributed by atoms with van der Waals surface area (Å²) in [5.74, 6) is -2.72. The molecule has 0 radical (unpaired) electrons. The fourth-order valence-corrected chi connectivity index (χ4v) is 6.44. The van der Waals surface area contributed by atoms with Crippen molar-refractivity contribution >= 4 is 52.3 Å². The van der Waals surface area contributed by atoms with Crippen molar-refractivity contribution in [3.8, 4) is 0 Å². The number of likely N-dealkylation sites (N-methyl/N-ethyl adjacent to an activating group) is 1. The van der Waals surface area contributed by atoms with Crippen LogP contribution in [0.2, 0.25) is 0 Å². The Labute approximate surface area is 339 Å². The van der Waals surface area contributed by atoms with E-state index in [9.17, 15) is 24.0 Å². The van der Waals surface area contributed by atoms with Crippen molar-refractivity contribution < 1.29 is 33.5 Å². The lowest BCUT2D eigenvalue weighted by molar-refractivity contribution is -0.143. The quantitative estimate of drug-likeness (QED) is 0.0784. The van der Waals surface area contributed by atoms with Crippen molar-refractivity contribution in [2.24, 2.45) is 11.5 Å². The molecule has 0 aliphatic heterocycles. The minimum atomic E-state index is -1.38. The van der Waals surface area contributed by atoms with Gasteiger partial charge in [0.15, 0.2) is 0 Å². The molecule has 310 valence electrons. The van der Waals surface area contributed by atoms with Gasteiger partial charge in [0.05, 0.1) is 0 Å². The van der Waals surface area contributed by atoms with E-state index in [0.29, 0.717) is 36.2 Å². The molecule has 0 aliphatic carbocycles. The number of aromatic nitrogens is 1. The van der Waals surface area contributed by atoms with Crippen LogP contribution in [0.15, 0.2) is 85.1 Å². The van der Waals surface area contributed by atoms with Crippen LogP contribution in [0.5, 0.6) is 0 Å². The van der Waals surface area contributed by atoms with Gasteiger partial charge in [-0.25, -0.2) is 14.5 Å². The second-order valence-corrected chi connectivity index (χ2v) is 15.2. The molecule has 8 N–H and O–H groups in total. The van der Waals surface area contributed by atoms with Gasteiger partial charge >= 0.3 is 12.1 Å². The molecule has 15 nitrogen and oxygen atoms in total. The van der Waals surface area contributed by atoms with Crippen LogP contribution in [0.4, 0.5) is 15.3 Å². The predicted octanol–water partition coefficient (Wildman–Crippen LogP) is 4.53. The third kappa shape index (κ3) is 12.9. The summed E-state index contributed by atoms with van der Waals surface area (Å²) in [6.45, 7) is 7.02. The van der Waals surface area contributed by atoms with Crippen LogP contribution in [0, 0.1) is 6.92 Å². The van der Waals surface area contributed by atoms with E-state index >= 15 is 4.79 Å². The van der Waals surface area contributed by atoms with Gasteiger partial charge < -0.3 is 42.0 Å². The molecule has 7 amide bonds. The second kappa shape index (κ2) is 20.8. The molecule has 0 bridgehead atoms. The van der Waals surface area contributed by atoms with E-state index < -0.39 is 59.5 Å². The number of para-hydroxylation sites is 2. The summed E-state index contributed by atoms with van der Waals surface area (Å²) in [6, 6.07) is 18.9. The molecule has 15 heteroatoms. The van der Waals surface area contributed by atoms with E-state index in [1.165, 1.54) is 11.9 Å². The third-order valence-electron chi connectivity index (χ3n) is 9.47. The van der Waals surface area contributed by atoms with Crippen LogP contribution in [0.3, 0.4) is 0 Å². The molecule has 0 fully saturated rings. The molecule has 0 saturated heterocycles. The summed E-state index contributed by atoms with van der Waals surface area (Å²) in [5.41, 5.74) is 13.9. The van der Waals surface area contributed by atoms with E-state index in [1.54, 1.807) is 58.2 Å². The molecule has 1 aromatic heterocycles. The van der Waals surface area contributed by atoms with Crippen LogP contribution in [-0.4, -0.2) is 94.4 Å². The van der Waals surface area contributed by atoms with Gasteiger partial charge in [0.2, 0.25) is 17.7 Å². The maximum atomic E-state index is 15.0. The number of nitrogens with one attached hydrogen (secondary N) is 4. The Morgan fingerprint density at radius 1 is 0.828 bits per heavy atom. The molecular formula is C43H56N8O7. The molecule has 0 spiro atoms. The number of alkyl carbamates (subject to hydrolysis) is 1. The molecule has 0 aliphatic rings. The first-order valence-corrected chi connectivity index (χ1v) is 19.4. The molecule has 0 unspecified atom stereocenters. The number of carbonyl (C=O) groups is 6. The normalized spacial score (nSPS) is 12.8. The number of hydrogen-bond donors (Lipinski definition) is 6. The monoisotopic (exact) mass is 796 g/mol. The first kappa shape index (κ1) is 44.5. The molecule has 4 aromatic rings. The van der Waals surface area contributed by atoms with Gasteiger partial charge in [0.25, 0.3) is 5.91 Å². The number of fused-ring (bicyclic) bond motifs is 1. The Hall–Kier alpha value is -6.22. The number of ether oxygens (including phenoxy) is 1. The topological polar surface area (TPSA) is 222 Å². The first-order chi connectivity index (χ1) is 27.6. The Bertz CT molecular complexity index is 2040. The number of anilines is 1. The summed E-state index contributed by atoms with van der Waals surface area (Å²) in [7, 11) is 1.46. The summed E-state index contributed by atoms with van der Waals surface area (Å²) < 4.78 is 5.55. The number of H-pyrrole nitrogens is 1. The van der Waals surface area contributed by atoms with Crippen LogP contribution in [0.1, 0.15) is 63.1 Å². The number of unbranched alkanes of at least 4 members (excludes halogenated alkanes) is 1. The molecule has 3 atom stereocenters. The highest BCUT2D eigenvalue weighted by Crippen LogP contribution is 2.23.